The van der Waals surface area contributed by atoms with Crippen molar-refractivity contribution in [2.75, 3.05) is 5.32 Å². The van der Waals surface area contributed by atoms with Crippen LogP contribution < -0.4 is 11.1 Å². The minimum atomic E-state index is -0.109. The van der Waals surface area contributed by atoms with Crippen LogP contribution in [0.2, 0.25) is 0 Å². The summed E-state index contributed by atoms with van der Waals surface area (Å²) in [5.74, 6) is 0.800. The van der Waals surface area contributed by atoms with Gasteiger partial charge in [0.2, 0.25) is 5.91 Å². The molecule has 0 bridgehead atoms. The maximum absolute atomic E-state index is 11.7. The summed E-state index contributed by atoms with van der Waals surface area (Å²) in [7, 11) is 0. The fourth-order valence-corrected chi connectivity index (χ4v) is 1.34. The highest BCUT2D eigenvalue weighted by Gasteiger charge is 2.13. The highest BCUT2D eigenvalue weighted by Crippen LogP contribution is 2.09. The summed E-state index contributed by atoms with van der Waals surface area (Å²) in [4.78, 5) is 11.7. The first-order valence-corrected chi connectivity index (χ1v) is 6.00. The summed E-state index contributed by atoms with van der Waals surface area (Å²) in [6, 6.07) is 1.97. The van der Waals surface area contributed by atoms with Crippen LogP contribution in [0, 0.1) is 5.92 Å². The molecule has 5 heteroatoms. The molecule has 1 aromatic rings. The molecule has 1 aromatic heterocycles. The first kappa shape index (κ1) is 13.7. The molecule has 0 spiro atoms. The average molecular weight is 238 g/mol. The summed E-state index contributed by atoms with van der Waals surface area (Å²) >= 11 is 0. The van der Waals surface area contributed by atoms with Gasteiger partial charge in [-0.1, -0.05) is 13.8 Å². The van der Waals surface area contributed by atoms with Crippen molar-refractivity contribution in [1.29, 1.82) is 0 Å². The molecule has 1 atom stereocenters. The zero-order valence-electron chi connectivity index (χ0n) is 11.0. The van der Waals surface area contributed by atoms with Gasteiger partial charge in [0.05, 0.1) is 0 Å². The molecule has 0 radical (unpaired) electrons. The number of hydrogen-bond acceptors (Lipinski definition) is 3. The second-order valence-corrected chi connectivity index (χ2v) is 4.93. The quantitative estimate of drug-likeness (QED) is 0.821. The van der Waals surface area contributed by atoms with E-state index in [0.29, 0.717) is 24.2 Å². The Kier molecular flexibility index (Phi) is 4.69. The SMILES string of the molecule is CC(C)C(N)CC(=O)Nc1ccn(C(C)C)n1. The number of carbonyl (C=O) groups is 1. The van der Waals surface area contributed by atoms with Crippen molar-refractivity contribution in [3.63, 3.8) is 0 Å². The average Bonchev–Trinajstić information content (AvgIpc) is 2.65. The van der Waals surface area contributed by atoms with Crippen molar-refractivity contribution in [3.8, 4) is 0 Å². The lowest BCUT2D eigenvalue weighted by Gasteiger charge is -2.14. The largest absolute Gasteiger partial charge is 0.327 e. The number of anilines is 1. The number of carbonyl (C=O) groups excluding carboxylic acids is 1. The van der Waals surface area contributed by atoms with E-state index in [1.807, 2.05) is 33.9 Å². The van der Waals surface area contributed by atoms with Crippen molar-refractivity contribution < 1.29 is 4.79 Å². The maximum Gasteiger partial charge on any atom is 0.227 e. The van der Waals surface area contributed by atoms with E-state index in [1.54, 1.807) is 10.7 Å². The Bertz CT molecular complexity index is 370. The molecule has 1 heterocycles. The van der Waals surface area contributed by atoms with Gasteiger partial charge in [0.1, 0.15) is 0 Å². The fourth-order valence-electron chi connectivity index (χ4n) is 1.34. The Hall–Kier alpha value is -1.36. The van der Waals surface area contributed by atoms with Crippen LogP contribution in [-0.4, -0.2) is 21.7 Å². The van der Waals surface area contributed by atoms with Gasteiger partial charge in [-0.2, -0.15) is 5.10 Å². The molecule has 96 valence electrons. The highest BCUT2D eigenvalue weighted by atomic mass is 16.1. The normalized spacial score (nSPS) is 13.1. The second kappa shape index (κ2) is 5.82. The van der Waals surface area contributed by atoms with Crippen LogP contribution in [0.25, 0.3) is 0 Å². The van der Waals surface area contributed by atoms with E-state index in [0.717, 1.165) is 0 Å². The third kappa shape index (κ3) is 4.19. The molecule has 0 aromatic carbocycles. The van der Waals surface area contributed by atoms with Crippen LogP contribution in [0.4, 0.5) is 5.82 Å². The lowest BCUT2D eigenvalue weighted by molar-refractivity contribution is -0.116. The Morgan fingerprint density at radius 3 is 2.59 bits per heavy atom. The van der Waals surface area contributed by atoms with Gasteiger partial charge < -0.3 is 11.1 Å². The van der Waals surface area contributed by atoms with Crippen molar-refractivity contribution >= 4 is 11.7 Å². The fraction of sp³-hybridized carbons (Fsp3) is 0.667. The van der Waals surface area contributed by atoms with Crippen LogP contribution in [0.1, 0.15) is 40.2 Å². The first-order valence-electron chi connectivity index (χ1n) is 6.00. The Balaban J connectivity index is 2.50. The summed E-state index contributed by atoms with van der Waals surface area (Å²) in [5, 5.41) is 7.00. The summed E-state index contributed by atoms with van der Waals surface area (Å²) < 4.78 is 1.80. The third-order valence-corrected chi connectivity index (χ3v) is 2.68. The number of nitrogens with zero attached hydrogens (tertiary/aromatic N) is 2. The molecule has 0 fully saturated rings. The van der Waals surface area contributed by atoms with E-state index < -0.39 is 0 Å². The predicted molar refractivity (Wildman–Crippen MR) is 68.7 cm³/mol. The van der Waals surface area contributed by atoms with Gasteiger partial charge in [-0.25, -0.2) is 0 Å². The minimum Gasteiger partial charge on any atom is -0.327 e. The van der Waals surface area contributed by atoms with Crippen molar-refractivity contribution in [2.24, 2.45) is 11.7 Å². The van der Waals surface area contributed by atoms with Crippen LogP contribution in [0.15, 0.2) is 12.3 Å². The molecule has 0 aliphatic carbocycles. The molecule has 17 heavy (non-hydrogen) atoms. The summed E-state index contributed by atoms with van der Waals surface area (Å²) in [6.07, 6.45) is 2.18. The molecule has 5 nitrogen and oxygen atoms in total. The lowest BCUT2D eigenvalue weighted by Crippen LogP contribution is -2.31. The molecule has 3 N–H and O–H groups in total. The van der Waals surface area contributed by atoms with Gasteiger partial charge in [-0.05, 0) is 19.8 Å². The molecule has 0 saturated heterocycles. The monoisotopic (exact) mass is 238 g/mol. The van der Waals surface area contributed by atoms with Crippen molar-refractivity contribution in [2.45, 2.75) is 46.2 Å². The standard InChI is InChI=1S/C12H22N4O/c1-8(2)10(13)7-12(17)14-11-5-6-16(15-11)9(3)4/h5-6,8-10H,7,13H2,1-4H3,(H,14,15,17). The first-order chi connectivity index (χ1) is 7.90. The van der Waals surface area contributed by atoms with E-state index in [-0.39, 0.29) is 11.9 Å². The van der Waals surface area contributed by atoms with E-state index in [1.165, 1.54) is 0 Å². The zero-order valence-corrected chi connectivity index (χ0v) is 11.0. The Morgan fingerprint density at radius 1 is 1.47 bits per heavy atom. The van der Waals surface area contributed by atoms with E-state index in [9.17, 15) is 4.79 Å². The number of rotatable bonds is 5. The zero-order chi connectivity index (χ0) is 13.0. The van der Waals surface area contributed by atoms with Crippen LogP contribution in [-0.2, 0) is 4.79 Å². The van der Waals surface area contributed by atoms with Gasteiger partial charge in [0, 0.05) is 30.8 Å². The molecule has 0 saturated carbocycles. The molecule has 0 aliphatic rings. The Morgan fingerprint density at radius 2 is 2.12 bits per heavy atom. The van der Waals surface area contributed by atoms with E-state index in [4.69, 9.17) is 5.73 Å². The maximum atomic E-state index is 11.7. The van der Waals surface area contributed by atoms with Crippen molar-refractivity contribution in [1.82, 2.24) is 9.78 Å². The topological polar surface area (TPSA) is 72.9 Å². The van der Waals surface area contributed by atoms with E-state index >= 15 is 0 Å². The van der Waals surface area contributed by atoms with E-state index in [2.05, 4.69) is 10.4 Å². The molecule has 1 amide bonds. The van der Waals surface area contributed by atoms with Crippen LogP contribution in [0.3, 0.4) is 0 Å². The van der Waals surface area contributed by atoms with Crippen molar-refractivity contribution in [3.05, 3.63) is 12.3 Å². The smallest absolute Gasteiger partial charge is 0.227 e. The number of nitrogens with two attached hydrogens (primary N) is 1. The van der Waals surface area contributed by atoms with Crippen LogP contribution >= 0.6 is 0 Å². The van der Waals surface area contributed by atoms with Gasteiger partial charge in [0.25, 0.3) is 0 Å². The van der Waals surface area contributed by atoms with Gasteiger partial charge in [-0.3, -0.25) is 9.48 Å². The molecule has 1 unspecified atom stereocenters. The Labute approximate surface area is 102 Å². The summed E-state index contributed by atoms with van der Waals surface area (Å²) in [6.45, 7) is 8.08. The minimum absolute atomic E-state index is 0.0831. The molecular weight excluding hydrogens is 216 g/mol. The summed E-state index contributed by atoms with van der Waals surface area (Å²) in [5.41, 5.74) is 5.84. The third-order valence-electron chi connectivity index (χ3n) is 2.68. The number of hydrogen-bond donors (Lipinski definition) is 2. The lowest BCUT2D eigenvalue weighted by atomic mass is 10.0. The molecule has 0 aliphatic heterocycles. The molecule has 1 rings (SSSR count). The predicted octanol–water partition coefficient (Wildman–Crippen LogP) is 1.78. The second-order valence-electron chi connectivity index (χ2n) is 4.93. The highest BCUT2D eigenvalue weighted by molar-refractivity contribution is 5.90. The van der Waals surface area contributed by atoms with Crippen LogP contribution in [0.5, 0.6) is 0 Å². The van der Waals surface area contributed by atoms with Gasteiger partial charge >= 0.3 is 0 Å². The van der Waals surface area contributed by atoms with Gasteiger partial charge in [0.15, 0.2) is 5.82 Å². The van der Waals surface area contributed by atoms with Gasteiger partial charge in [-0.15, -0.1) is 0 Å². The number of amides is 1. The number of nitrogens with one attached hydrogen (secondary N) is 1. The number of aromatic nitrogens is 2. The molecular formula is C12H22N4O.